The topological polar surface area (TPSA) is 140 Å². The number of alkyl carbamates (subject to hydrolysis) is 3. The van der Waals surface area contributed by atoms with Gasteiger partial charge in [-0.3, -0.25) is 9.89 Å². The van der Waals surface area contributed by atoms with E-state index in [0.717, 1.165) is 44.9 Å². The van der Waals surface area contributed by atoms with Gasteiger partial charge in [-0.25, -0.2) is 14.4 Å². The van der Waals surface area contributed by atoms with Gasteiger partial charge < -0.3 is 34.8 Å². The Morgan fingerprint density at radius 1 is 0.838 bits per heavy atom. The van der Waals surface area contributed by atoms with Crippen molar-refractivity contribution >= 4 is 32.7 Å². The Morgan fingerprint density at radius 2 is 1.32 bits per heavy atom. The minimum absolute atomic E-state index is 0.308. The van der Waals surface area contributed by atoms with Gasteiger partial charge in [0.25, 0.3) is 0 Å². The van der Waals surface area contributed by atoms with Gasteiger partial charge in [0.1, 0.15) is 6.40 Å². The Kier molecular flexibility index (Phi) is 23.2. The lowest BCUT2D eigenvalue weighted by Crippen LogP contribution is -2.48. The fourth-order valence-corrected chi connectivity index (χ4v) is 3.01. The van der Waals surface area contributed by atoms with Crippen LogP contribution in [0.25, 0.3) is 0 Å². The van der Waals surface area contributed by atoms with Crippen molar-refractivity contribution in [2.24, 2.45) is 4.99 Å². The number of hydrogen-bond acceptors (Lipinski definition) is 9. The van der Waals surface area contributed by atoms with E-state index in [1.54, 1.807) is 0 Å². The van der Waals surface area contributed by atoms with Gasteiger partial charge >= 0.3 is 26.3 Å². The summed E-state index contributed by atoms with van der Waals surface area (Å²) < 4.78 is 19.8. The van der Waals surface area contributed by atoms with Crippen LogP contribution in [0.15, 0.2) is 4.99 Å². The summed E-state index contributed by atoms with van der Waals surface area (Å²) >= 11 is 0. The predicted octanol–water partition coefficient (Wildman–Crippen LogP) is 2.75. The van der Waals surface area contributed by atoms with E-state index in [9.17, 15) is 14.4 Å². The highest BCUT2D eigenvalue weighted by molar-refractivity contribution is 6.02. The van der Waals surface area contributed by atoms with E-state index < -0.39 is 18.3 Å². The van der Waals surface area contributed by atoms with Crippen LogP contribution in [-0.2, 0) is 18.9 Å². The van der Waals surface area contributed by atoms with E-state index in [0.29, 0.717) is 65.5 Å². The Balaban J connectivity index is 5.00. The third kappa shape index (κ3) is 22.2. The number of amides is 3. The molecule has 12 nitrogen and oxygen atoms in total. The summed E-state index contributed by atoms with van der Waals surface area (Å²) in [5.41, 5.74) is 0. The standard InChI is InChI=1S/C24H46BN5O7/c1-4-7-16-34-22(31)27-12-14-30(15-13-28-23(32)35-17-8-5-2)19-21(10-11-26-20-37-25)29-24(33)36-18-9-6-3/h20-21H,4-19H2,1-3H3,(H,27,31)(H,28,32)(H,29,33)/t21-/m0/s1. The van der Waals surface area contributed by atoms with Gasteiger partial charge in [0, 0.05) is 45.3 Å². The SMILES string of the molecule is [B]OC=NCC[C@@H](CN(CCNC(=O)OCCCC)CCNC(=O)OCCCC)NC(=O)OCCCC. The third-order valence-corrected chi connectivity index (χ3v) is 5.13. The predicted molar refractivity (Wildman–Crippen MR) is 143 cm³/mol. The van der Waals surface area contributed by atoms with Gasteiger partial charge in [-0.1, -0.05) is 40.0 Å². The summed E-state index contributed by atoms with van der Waals surface area (Å²) in [6, 6.07) is -0.308. The van der Waals surface area contributed by atoms with Crippen LogP contribution in [0.4, 0.5) is 14.4 Å². The van der Waals surface area contributed by atoms with Crippen LogP contribution in [0.2, 0.25) is 0 Å². The zero-order valence-electron chi connectivity index (χ0n) is 22.8. The highest BCUT2D eigenvalue weighted by Gasteiger charge is 2.18. The first-order valence-corrected chi connectivity index (χ1v) is 13.3. The second-order valence-electron chi connectivity index (χ2n) is 8.40. The molecule has 0 aromatic carbocycles. The van der Waals surface area contributed by atoms with Crippen molar-refractivity contribution in [3.05, 3.63) is 0 Å². The maximum Gasteiger partial charge on any atom is 0.407 e. The molecule has 1 atom stereocenters. The number of carbonyl (C=O) groups excluding carboxylic acids is 3. The Hall–Kier alpha value is -2.70. The van der Waals surface area contributed by atoms with Crippen molar-refractivity contribution in [2.45, 2.75) is 71.8 Å². The molecule has 37 heavy (non-hydrogen) atoms. The first-order chi connectivity index (χ1) is 18.0. The molecule has 0 aliphatic rings. The van der Waals surface area contributed by atoms with Crippen molar-refractivity contribution in [1.29, 1.82) is 0 Å². The van der Waals surface area contributed by atoms with E-state index in [-0.39, 0.29) is 6.04 Å². The zero-order valence-corrected chi connectivity index (χ0v) is 22.8. The minimum Gasteiger partial charge on any atom is -0.560 e. The molecule has 0 aliphatic heterocycles. The van der Waals surface area contributed by atoms with Crippen LogP contribution in [0, 0.1) is 0 Å². The normalized spacial score (nSPS) is 11.7. The first-order valence-electron chi connectivity index (χ1n) is 13.3. The fraction of sp³-hybridized carbons (Fsp3) is 0.833. The smallest absolute Gasteiger partial charge is 0.407 e. The molecular weight excluding hydrogens is 481 g/mol. The van der Waals surface area contributed by atoms with Crippen molar-refractivity contribution in [3.63, 3.8) is 0 Å². The number of unbranched alkanes of at least 4 members (excludes halogenated alkanes) is 3. The number of nitrogens with zero attached hydrogens (tertiary/aromatic N) is 2. The lowest BCUT2D eigenvalue weighted by molar-refractivity contribution is 0.133. The first kappa shape index (κ1) is 34.3. The highest BCUT2D eigenvalue weighted by atomic mass is 16.6. The van der Waals surface area contributed by atoms with E-state index in [2.05, 4.69) is 25.6 Å². The summed E-state index contributed by atoms with van der Waals surface area (Å²) in [4.78, 5) is 42.1. The summed E-state index contributed by atoms with van der Waals surface area (Å²) in [7, 11) is 4.97. The van der Waals surface area contributed by atoms with Crippen LogP contribution in [0.5, 0.6) is 0 Å². The second-order valence-corrected chi connectivity index (χ2v) is 8.40. The van der Waals surface area contributed by atoms with E-state index >= 15 is 0 Å². The molecule has 0 rings (SSSR count). The zero-order chi connectivity index (χ0) is 27.6. The summed E-state index contributed by atoms with van der Waals surface area (Å²) in [5.74, 6) is 0. The molecule has 0 aromatic heterocycles. The average molecular weight is 527 g/mol. The van der Waals surface area contributed by atoms with Crippen LogP contribution in [0.3, 0.4) is 0 Å². The minimum atomic E-state index is -0.507. The van der Waals surface area contributed by atoms with Gasteiger partial charge in [0.2, 0.25) is 0 Å². The van der Waals surface area contributed by atoms with Crippen LogP contribution >= 0.6 is 0 Å². The average Bonchev–Trinajstić information content (AvgIpc) is 2.87. The Morgan fingerprint density at radius 3 is 1.78 bits per heavy atom. The summed E-state index contributed by atoms with van der Waals surface area (Å²) in [6.07, 6.45) is 5.35. The van der Waals surface area contributed by atoms with Crippen LogP contribution in [0.1, 0.15) is 65.7 Å². The summed E-state index contributed by atoms with van der Waals surface area (Å²) in [6.45, 7) is 9.53. The van der Waals surface area contributed by atoms with Crippen LogP contribution < -0.4 is 16.0 Å². The molecule has 3 N–H and O–H groups in total. The van der Waals surface area contributed by atoms with Crippen molar-refractivity contribution in [1.82, 2.24) is 20.9 Å². The Labute approximate surface area is 223 Å². The molecule has 212 valence electrons. The van der Waals surface area contributed by atoms with E-state index in [1.807, 2.05) is 25.7 Å². The van der Waals surface area contributed by atoms with Gasteiger partial charge in [0.15, 0.2) is 0 Å². The number of hydrogen-bond donors (Lipinski definition) is 3. The molecule has 0 heterocycles. The van der Waals surface area contributed by atoms with Gasteiger partial charge in [0.05, 0.1) is 19.8 Å². The summed E-state index contributed by atoms with van der Waals surface area (Å²) in [5, 5.41) is 8.34. The maximum atomic E-state index is 12.3. The van der Waals surface area contributed by atoms with E-state index in [1.165, 1.54) is 0 Å². The molecule has 0 saturated heterocycles. The van der Waals surface area contributed by atoms with Gasteiger partial charge in [-0.05, 0) is 25.7 Å². The van der Waals surface area contributed by atoms with Gasteiger partial charge in [-0.15, -0.1) is 0 Å². The molecule has 2 radical (unpaired) electrons. The van der Waals surface area contributed by atoms with Gasteiger partial charge in [-0.2, -0.15) is 0 Å². The molecule has 0 spiro atoms. The number of ether oxygens (including phenoxy) is 3. The molecule has 13 heteroatoms. The largest absolute Gasteiger partial charge is 0.560 e. The molecule has 0 saturated carbocycles. The second kappa shape index (κ2) is 25.0. The molecular formula is C24H46BN5O7. The molecule has 3 amide bonds. The quantitative estimate of drug-likeness (QED) is 0.0642. The van der Waals surface area contributed by atoms with Crippen molar-refractivity contribution < 1.29 is 33.2 Å². The molecule has 0 fully saturated rings. The lowest BCUT2D eigenvalue weighted by atomic mass is 10.2. The lowest BCUT2D eigenvalue weighted by Gasteiger charge is -2.28. The highest BCUT2D eigenvalue weighted by Crippen LogP contribution is 2.01. The van der Waals surface area contributed by atoms with Crippen molar-refractivity contribution in [3.8, 4) is 0 Å². The molecule has 0 bridgehead atoms. The number of rotatable bonds is 22. The molecule has 0 aromatic rings. The Bertz CT molecular complexity index is 600. The number of nitrogens with one attached hydrogen (secondary N) is 3. The third-order valence-electron chi connectivity index (χ3n) is 5.13. The van der Waals surface area contributed by atoms with Crippen molar-refractivity contribution in [2.75, 3.05) is 59.1 Å². The number of aliphatic imine (C=N–C) groups is 1. The fourth-order valence-electron chi connectivity index (χ4n) is 3.01. The maximum absolute atomic E-state index is 12.3. The van der Waals surface area contributed by atoms with Crippen LogP contribution in [-0.4, -0.2) is 103 Å². The number of carbonyl (C=O) groups is 3. The van der Waals surface area contributed by atoms with E-state index in [4.69, 9.17) is 22.3 Å². The monoisotopic (exact) mass is 527 g/mol. The molecule has 0 aliphatic carbocycles. The molecule has 0 unspecified atom stereocenters.